The van der Waals surface area contributed by atoms with Crippen LogP contribution < -0.4 is 10.5 Å². The summed E-state index contributed by atoms with van der Waals surface area (Å²) in [6.07, 6.45) is 0. The molecule has 14 heavy (non-hydrogen) atoms. The first-order chi connectivity index (χ1) is 6.70. The molecule has 0 unspecified atom stereocenters. The second-order valence-electron chi connectivity index (χ2n) is 2.64. The fraction of sp³-hybridized carbons (Fsp3) is 0.300. The number of esters is 1. The van der Waals surface area contributed by atoms with Crippen molar-refractivity contribution in [1.82, 2.24) is 0 Å². The van der Waals surface area contributed by atoms with Gasteiger partial charge in [-0.3, -0.25) is 0 Å². The Bertz CT molecular complexity index is 336. The van der Waals surface area contributed by atoms with Crippen molar-refractivity contribution in [2.45, 2.75) is 6.92 Å². The van der Waals surface area contributed by atoms with Gasteiger partial charge in [-0.25, -0.2) is 4.79 Å². The number of anilines is 1. The van der Waals surface area contributed by atoms with Crippen molar-refractivity contribution in [3.05, 3.63) is 23.8 Å². The van der Waals surface area contributed by atoms with Crippen molar-refractivity contribution in [2.24, 2.45) is 0 Å². The molecule has 2 N–H and O–H groups in total. The van der Waals surface area contributed by atoms with Gasteiger partial charge in [0.15, 0.2) is 0 Å². The van der Waals surface area contributed by atoms with Gasteiger partial charge in [-0.05, 0) is 19.1 Å². The SMILES string of the molecule is CCOc1cccc(N)c1C(=O)OC. The highest BCUT2D eigenvalue weighted by Gasteiger charge is 2.15. The van der Waals surface area contributed by atoms with E-state index in [1.807, 2.05) is 6.92 Å². The lowest BCUT2D eigenvalue weighted by Crippen LogP contribution is -2.08. The maximum Gasteiger partial charge on any atom is 0.343 e. The number of benzene rings is 1. The molecule has 0 spiro atoms. The van der Waals surface area contributed by atoms with Crippen molar-refractivity contribution in [3.63, 3.8) is 0 Å². The van der Waals surface area contributed by atoms with Crippen LogP contribution in [0.5, 0.6) is 5.75 Å². The fourth-order valence-corrected chi connectivity index (χ4v) is 1.14. The number of hydrogen-bond acceptors (Lipinski definition) is 4. The minimum Gasteiger partial charge on any atom is -0.493 e. The van der Waals surface area contributed by atoms with Crippen LogP contribution in [0.15, 0.2) is 18.2 Å². The number of carbonyl (C=O) groups is 1. The molecule has 0 saturated heterocycles. The van der Waals surface area contributed by atoms with E-state index in [0.29, 0.717) is 18.0 Å². The molecule has 1 aromatic rings. The molecule has 1 aromatic carbocycles. The van der Waals surface area contributed by atoms with E-state index >= 15 is 0 Å². The summed E-state index contributed by atoms with van der Waals surface area (Å²) < 4.78 is 9.87. The first-order valence-corrected chi connectivity index (χ1v) is 4.30. The van der Waals surface area contributed by atoms with Crippen LogP contribution in [0.3, 0.4) is 0 Å². The third kappa shape index (κ3) is 1.96. The second kappa shape index (κ2) is 4.50. The maximum absolute atomic E-state index is 11.3. The molecule has 0 bridgehead atoms. The smallest absolute Gasteiger partial charge is 0.343 e. The third-order valence-corrected chi connectivity index (χ3v) is 1.75. The molecule has 0 saturated carbocycles. The first-order valence-electron chi connectivity index (χ1n) is 4.30. The van der Waals surface area contributed by atoms with E-state index < -0.39 is 5.97 Å². The molecule has 0 aliphatic carbocycles. The van der Waals surface area contributed by atoms with Crippen molar-refractivity contribution in [1.29, 1.82) is 0 Å². The van der Waals surface area contributed by atoms with Crippen LogP contribution in [0.25, 0.3) is 0 Å². The minimum absolute atomic E-state index is 0.289. The standard InChI is InChI=1S/C10H13NO3/c1-3-14-8-6-4-5-7(11)9(8)10(12)13-2/h4-6H,3,11H2,1-2H3. The topological polar surface area (TPSA) is 61.5 Å². The lowest BCUT2D eigenvalue weighted by atomic mass is 10.1. The van der Waals surface area contributed by atoms with Gasteiger partial charge in [-0.15, -0.1) is 0 Å². The number of hydrogen-bond donors (Lipinski definition) is 1. The summed E-state index contributed by atoms with van der Waals surface area (Å²) >= 11 is 0. The molecular weight excluding hydrogens is 182 g/mol. The summed E-state index contributed by atoms with van der Waals surface area (Å²) in [5.74, 6) is -0.0223. The van der Waals surface area contributed by atoms with E-state index in [9.17, 15) is 4.79 Å². The average molecular weight is 195 g/mol. The lowest BCUT2D eigenvalue weighted by molar-refractivity contribution is 0.0597. The van der Waals surface area contributed by atoms with Crippen molar-refractivity contribution >= 4 is 11.7 Å². The van der Waals surface area contributed by atoms with Gasteiger partial charge in [0.05, 0.1) is 13.7 Å². The van der Waals surface area contributed by atoms with E-state index in [-0.39, 0.29) is 5.56 Å². The van der Waals surface area contributed by atoms with Crippen LogP contribution in [0, 0.1) is 0 Å². The summed E-state index contributed by atoms with van der Waals surface area (Å²) in [4.78, 5) is 11.3. The maximum atomic E-state index is 11.3. The molecule has 4 nitrogen and oxygen atoms in total. The van der Waals surface area contributed by atoms with Gasteiger partial charge < -0.3 is 15.2 Å². The normalized spacial score (nSPS) is 9.57. The van der Waals surface area contributed by atoms with Crippen LogP contribution in [0.2, 0.25) is 0 Å². The Kier molecular flexibility index (Phi) is 3.34. The van der Waals surface area contributed by atoms with Gasteiger partial charge in [0.25, 0.3) is 0 Å². The first kappa shape index (κ1) is 10.4. The van der Waals surface area contributed by atoms with Crippen molar-refractivity contribution in [2.75, 3.05) is 19.5 Å². The Labute approximate surface area is 82.6 Å². The van der Waals surface area contributed by atoms with E-state index in [2.05, 4.69) is 4.74 Å². The predicted molar refractivity (Wildman–Crippen MR) is 53.4 cm³/mol. The molecule has 76 valence electrons. The highest BCUT2D eigenvalue weighted by Crippen LogP contribution is 2.24. The van der Waals surface area contributed by atoms with Gasteiger partial charge in [0.2, 0.25) is 0 Å². The predicted octanol–water partition coefficient (Wildman–Crippen LogP) is 1.45. The number of carbonyl (C=O) groups excluding carboxylic acids is 1. The van der Waals surface area contributed by atoms with E-state index in [1.54, 1.807) is 18.2 Å². The third-order valence-electron chi connectivity index (χ3n) is 1.75. The fourth-order valence-electron chi connectivity index (χ4n) is 1.14. The van der Waals surface area contributed by atoms with Gasteiger partial charge in [0.1, 0.15) is 11.3 Å². The zero-order valence-corrected chi connectivity index (χ0v) is 8.24. The molecule has 0 amide bonds. The summed E-state index contributed by atoms with van der Waals surface area (Å²) in [5.41, 5.74) is 6.30. The molecule has 0 aliphatic heterocycles. The minimum atomic E-state index is -0.480. The second-order valence-corrected chi connectivity index (χ2v) is 2.64. The van der Waals surface area contributed by atoms with Crippen molar-refractivity contribution in [3.8, 4) is 5.75 Å². The Morgan fingerprint density at radius 3 is 2.79 bits per heavy atom. The molecule has 0 aromatic heterocycles. The highest BCUT2D eigenvalue weighted by atomic mass is 16.5. The van der Waals surface area contributed by atoms with Crippen LogP contribution in [-0.4, -0.2) is 19.7 Å². The number of nitrogens with two attached hydrogens (primary N) is 1. The molecule has 0 aliphatic rings. The van der Waals surface area contributed by atoms with E-state index in [1.165, 1.54) is 7.11 Å². The average Bonchev–Trinajstić information content (AvgIpc) is 2.18. The zero-order valence-electron chi connectivity index (χ0n) is 8.24. The number of rotatable bonds is 3. The molecular formula is C10H13NO3. The molecule has 0 fully saturated rings. The Morgan fingerprint density at radius 1 is 1.50 bits per heavy atom. The summed E-state index contributed by atoms with van der Waals surface area (Å²) in [7, 11) is 1.31. The Morgan fingerprint density at radius 2 is 2.21 bits per heavy atom. The quantitative estimate of drug-likeness (QED) is 0.585. The van der Waals surface area contributed by atoms with Gasteiger partial charge >= 0.3 is 5.97 Å². The zero-order chi connectivity index (χ0) is 10.6. The largest absolute Gasteiger partial charge is 0.493 e. The number of methoxy groups -OCH3 is 1. The molecule has 4 heteroatoms. The van der Waals surface area contributed by atoms with Crippen LogP contribution in [-0.2, 0) is 4.74 Å². The van der Waals surface area contributed by atoms with Crippen LogP contribution in [0.1, 0.15) is 17.3 Å². The summed E-state index contributed by atoms with van der Waals surface area (Å²) in [6.45, 7) is 2.32. The monoisotopic (exact) mass is 195 g/mol. The van der Waals surface area contributed by atoms with Crippen LogP contribution in [0.4, 0.5) is 5.69 Å². The molecule has 0 atom stereocenters. The Balaban J connectivity index is 3.15. The summed E-state index contributed by atoms with van der Waals surface area (Å²) in [6, 6.07) is 5.05. The van der Waals surface area contributed by atoms with Gasteiger partial charge in [-0.1, -0.05) is 6.07 Å². The molecule has 1 rings (SSSR count). The highest BCUT2D eigenvalue weighted by molar-refractivity contribution is 5.98. The Hall–Kier alpha value is -1.71. The summed E-state index contributed by atoms with van der Waals surface area (Å²) in [5, 5.41) is 0. The molecule has 0 radical (unpaired) electrons. The number of ether oxygens (including phenoxy) is 2. The number of nitrogen functional groups attached to an aromatic ring is 1. The molecule has 0 heterocycles. The lowest BCUT2D eigenvalue weighted by Gasteiger charge is -2.10. The van der Waals surface area contributed by atoms with Gasteiger partial charge in [-0.2, -0.15) is 0 Å². The van der Waals surface area contributed by atoms with Crippen molar-refractivity contribution < 1.29 is 14.3 Å². The van der Waals surface area contributed by atoms with Gasteiger partial charge in [0, 0.05) is 5.69 Å². The van der Waals surface area contributed by atoms with E-state index in [4.69, 9.17) is 10.5 Å². The van der Waals surface area contributed by atoms with E-state index in [0.717, 1.165) is 0 Å². The van der Waals surface area contributed by atoms with Crippen LogP contribution >= 0.6 is 0 Å².